The highest BCUT2D eigenvalue weighted by molar-refractivity contribution is 5.78. The molecular weight excluding hydrogens is 334 g/mol. The van der Waals surface area contributed by atoms with Gasteiger partial charge in [0.1, 0.15) is 5.60 Å². The van der Waals surface area contributed by atoms with Crippen LogP contribution in [0.5, 0.6) is 0 Å². The number of esters is 1. The van der Waals surface area contributed by atoms with Crippen molar-refractivity contribution in [3.8, 4) is 0 Å². The number of hydrogen-bond acceptors (Lipinski definition) is 5. The first-order chi connectivity index (χ1) is 12.3. The molecule has 1 fully saturated rings. The molecule has 1 aromatic carbocycles. The number of ether oxygens (including phenoxy) is 3. The molecule has 2 atom stereocenters. The van der Waals surface area contributed by atoms with Crippen molar-refractivity contribution in [1.29, 1.82) is 0 Å². The lowest BCUT2D eigenvalue weighted by Gasteiger charge is -2.42. The minimum absolute atomic E-state index is 0.291. The van der Waals surface area contributed by atoms with Gasteiger partial charge in [0.05, 0.1) is 19.3 Å². The zero-order valence-corrected chi connectivity index (χ0v) is 16.1. The van der Waals surface area contributed by atoms with Crippen molar-refractivity contribution < 1.29 is 23.8 Å². The van der Waals surface area contributed by atoms with E-state index in [2.05, 4.69) is 0 Å². The summed E-state index contributed by atoms with van der Waals surface area (Å²) in [4.78, 5) is 26.5. The van der Waals surface area contributed by atoms with Gasteiger partial charge in [-0.05, 0) is 32.8 Å². The summed E-state index contributed by atoms with van der Waals surface area (Å²) in [5.41, 5.74) is 0.344. The first-order valence-electron chi connectivity index (χ1n) is 9.13. The van der Waals surface area contributed by atoms with E-state index >= 15 is 0 Å². The van der Waals surface area contributed by atoms with Crippen LogP contribution in [0, 0.1) is 0 Å². The average Bonchev–Trinajstić information content (AvgIpc) is 2.53. The number of carbonyl (C=O) groups is 2. The van der Waals surface area contributed by atoms with E-state index in [0.29, 0.717) is 19.8 Å². The van der Waals surface area contributed by atoms with E-state index in [1.165, 1.54) is 0 Å². The van der Waals surface area contributed by atoms with E-state index < -0.39 is 23.8 Å². The number of unbranched alkanes of at least 4 members (excludes halogenated alkanes) is 1. The van der Waals surface area contributed by atoms with Crippen LogP contribution in [0.15, 0.2) is 30.3 Å². The Bertz CT molecular complexity index is 596. The van der Waals surface area contributed by atoms with Gasteiger partial charge in [-0.3, -0.25) is 4.90 Å². The molecule has 1 aliphatic rings. The summed E-state index contributed by atoms with van der Waals surface area (Å²) in [7, 11) is 0. The third-order valence-electron chi connectivity index (χ3n) is 3.99. The van der Waals surface area contributed by atoms with Crippen LogP contribution in [0.3, 0.4) is 0 Å². The fourth-order valence-corrected chi connectivity index (χ4v) is 2.57. The first-order valence-corrected chi connectivity index (χ1v) is 9.13. The lowest BCUT2D eigenvalue weighted by molar-refractivity contribution is -0.186. The molecule has 0 aromatic heterocycles. The molecule has 0 aliphatic carbocycles. The maximum absolute atomic E-state index is 12.7. The summed E-state index contributed by atoms with van der Waals surface area (Å²) in [6, 6.07) is 9.23. The molecule has 0 saturated carbocycles. The predicted octanol–water partition coefficient (Wildman–Crippen LogP) is 3.53. The Morgan fingerprint density at radius 3 is 2.46 bits per heavy atom. The van der Waals surface area contributed by atoms with Crippen LogP contribution >= 0.6 is 0 Å². The Hall–Kier alpha value is -2.08. The quantitative estimate of drug-likeness (QED) is 0.548. The molecule has 6 heteroatoms. The minimum atomic E-state index is -0.761. The van der Waals surface area contributed by atoms with Gasteiger partial charge in [0.2, 0.25) is 0 Å². The maximum atomic E-state index is 12.7. The van der Waals surface area contributed by atoms with Crippen LogP contribution in [-0.4, -0.2) is 47.9 Å². The third kappa shape index (κ3) is 5.73. The van der Waals surface area contributed by atoms with Crippen LogP contribution in [-0.2, 0) is 25.5 Å². The van der Waals surface area contributed by atoms with E-state index in [1.807, 2.05) is 58.0 Å². The summed E-state index contributed by atoms with van der Waals surface area (Å²) >= 11 is 0. The van der Waals surface area contributed by atoms with Gasteiger partial charge < -0.3 is 14.2 Å². The van der Waals surface area contributed by atoms with E-state index in [9.17, 15) is 9.59 Å². The second-order valence-electron chi connectivity index (χ2n) is 7.44. The normalized spacial score (nSPS) is 19.4. The van der Waals surface area contributed by atoms with Gasteiger partial charge in [-0.1, -0.05) is 43.7 Å². The van der Waals surface area contributed by atoms with E-state index in [-0.39, 0.29) is 6.04 Å². The fraction of sp³-hybridized carbons (Fsp3) is 0.600. The monoisotopic (exact) mass is 363 g/mol. The Labute approximate surface area is 155 Å². The largest absolute Gasteiger partial charge is 0.464 e. The molecule has 1 aliphatic heterocycles. The molecule has 1 saturated heterocycles. The predicted molar refractivity (Wildman–Crippen MR) is 97.6 cm³/mol. The molecule has 26 heavy (non-hydrogen) atoms. The highest BCUT2D eigenvalue weighted by atomic mass is 16.6. The van der Waals surface area contributed by atoms with E-state index in [0.717, 1.165) is 18.4 Å². The van der Waals surface area contributed by atoms with E-state index in [1.54, 1.807) is 4.90 Å². The summed E-state index contributed by atoms with van der Waals surface area (Å²) in [5, 5.41) is 0. The Balaban J connectivity index is 2.09. The molecule has 1 heterocycles. The van der Waals surface area contributed by atoms with Crippen LogP contribution < -0.4 is 0 Å². The van der Waals surface area contributed by atoms with Gasteiger partial charge in [-0.25, -0.2) is 9.59 Å². The topological polar surface area (TPSA) is 65.1 Å². The first kappa shape index (κ1) is 20.2. The van der Waals surface area contributed by atoms with Crippen molar-refractivity contribution >= 4 is 12.1 Å². The third-order valence-corrected chi connectivity index (χ3v) is 3.99. The highest BCUT2D eigenvalue weighted by Gasteiger charge is 2.46. The van der Waals surface area contributed by atoms with Crippen molar-refractivity contribution in [3.05, 3.63) is 35.9 Å². The average molecular weight is 363 g/mol. The molecule has 0 bridgehead atoms. The highest BCUT2D eigenvalue weighted by Crippen LogP contribution is 2.25. The Morgan fingerprint density at radius 2 is 1.92 bits per heavy atom. The molecule has 2 rings (SSSR count). The number of benzene rings is 1. The summed E-state index contributed by atoms with van der Waals surface area (Å²) < 4.78 is 16.2. The molecule has 6 nitrogen and oxygen atoms in total. The lowest BCUT2D eigenvalue weighted by Crippen LogP contribution is -2.61. The number of carbonyl (C=O) groups excluding carboxylic acids is 2. The Kier molecular flexibility index (Phi) is 7.03. The van der Waals surface area contributed by atoms with Crippen molar-refractivity contribution in [1.82, 2.24) is 4.90 Å². The zero-order valence-electron chi connectivity index (χ0n) is 16.1. The number of rotatable bonds is 7. The molecule has 1 amide bonds. The molecule has 1 aromatic rings. The smallest absolute Gasteiger partial charge is 0.411 e. The van der Waals surface area contributed by atoms with Crippen LogP contribution in [0.2, 0.25) is 0 Å². The second kappa shape index (κ2) is 9.03. The van der Waals surface area contributed by atoms with Gasteiger partial charge in [-0.15, -0.1) is 0 Å². The van der Waals surface area contributed by atoms with Crippen LogP contribution in [0.4, 0.5) is 4.79 Å². The molecule has 0 N–H and O–H groups in total. The maximum Gasteiger partial charge on any atom is 0.411 e. The van der Waals surface area contributed by atoms with Crippen molar-refractivity contribution in [2.24, 2.45) is 0 Å². The zero-order chi connectivity index (χ0) is 19.2. The SMILES string of the molecule is CCCCOC(=O)[C@H]1OC[C@@H]1N(Cc1ccccc1)C(=O)OC(C)(C)C. The number of hydrogen-bond donors (Lipinski definition) is 0. The summed E-state index contributed by atoms with van der Waals surface area (Å²) in [6.07, 6.45) is 0.535. The number of nitrogens with zero attached hydrogens (tertiary/aromatic N) is 1. The van der Waals surface area contributed by atoms with Gasteiger partial charge in [-0.2, -0.15) is 0 Å². The van der Waals surface area contributed by atoms with Crippen LogP contribution in [0.1, 0.15) is 46.1 Å². The van der Waals surface area contributed by atoms with Crippen LogP contribution in [0.25, 0.3) is 0 Å². The van der Waals surface area contributed by atoms with E-state index in [4.69, 9.17) is 14.2 Å². The Morgan fingerprint density at radius 1 is 1.23 bits per heavy atom. The lowest BCUT2D eigenvalue weighted by atomic mass is 10.0. The molecular formula is C20H29NO5. The number of amides is 1. The van der Waals surface area contributed by atoms with Crippen molar-refractivity contribution in [2.45, 2.75) is 64.8 Å². The van der Waals surface area contributed by atoms with Crippen molar-refractivity contribution in [3.63, 3.8) is 0 Å². The fourth-order valence-electron chi connectivity index (χ4n) is 2.57. The minimum Gasteiger partial charge on any atom is -0.464 e. The molecule has 144 valence electrons. The van der Waals surface area contributed by atoms with Crippen molar-refractivity contribution in [2.75, 3.05) is 13.2 Å². The molecule has 0 radical (unpaired) electrons. The summed E-state index contributed by atoms with van der Waals surface area (Å²) in [5.74, 6) is -0.420. The van der Waals surface area contributed by atoms with Gasteiger partial charge in [0.15, 0.2) is 6.10 Å². The standard InChI is InChI=1S/C20H29NO5/c1-5-6-12-24-18(22)17-16(14-25-17)21(19(23)26-20(2,3)4)13-15-10-8-7-9-11-15/h7-11,16-17H,5-6,12-14H2,1-4H3/t16-,17-/m0/s1. The second-order valence-corrected chi connectivity index (χ2v) is 7.44. The molecule has 0 unspecified atom stereocenters. The van der Waals surface area contributed by atoms with Gasteiger partial charge >= 0.3 is 12.1 Å². The van der Waals surface area contributed by atoms with Gasteiger partial charge in [0.25, 0.3) is 0 Å². The van der Waals surface area contributed by atoms with Gasteiger partial charge in [0, 0.05) is 6.54 Å². The summed E-state index contributed by atoms with van der Waals surface area (Å²) in [6.45, 7) is 8.49. The molecule has 0 spiro atoms.